The molecule has 43 heavy (non-hydrogen) atoms. The highest BCUT2D eigenvalue weighted by molar-refractivity contribution is 7.89. The summed E-state index contributed by atoms with van der Waals surface area (Å²) in [7, 11) is -3.71. The van der Waals surface area contributed by atoms with Crippen LogP contribution in [0.2, 0.25) is 0 Å². The summed E-state index contributed by atoms with van der Waals surface area (Å²) < 4.78 is 39.8. The van der Waals surface area contributed by atoms with Gasteiger partial charge >= 0.3 is 5.97 Å². The highest BCUT2D eigenvalue weighted by atomic mass is 32.2. The summed E-state index contributed by atoms with van der Waals surface area (Å²) in [4.78, 5) is 42.1. The molecule has 1 aromatic carbocycles. The van der Waals surface area contributed by atoms with Crippen molar-refractivity contribution in [2.75, 3.05) is 19.7 Å². The lowest BCUT2D eigenvalue weighted by molar-refractivity contribution is -0.437. The minimum absolute atomic E-state index is 0.0807. The second-order valence-electron chi connectivity index (χ2n) is 14.2. The number of fused-ring (bicyclic) bond motifs is 2. The Morgan fingerprint density at radius 3 is 2.44 bits per heavy atom. The van der Waals surface area contributed by atoms with Crippen molar-refractivity contribution in [1.82, 2.24) is 4.31 Å². The molecule has 8 rings (SSSR count). The molecule has 7 fully saturated rings. The first-order chi connectivity index (χ1) is 20.2. The molecule has 4 saturated carbocycles. The number of sulfonamides is 1. The number of hydrogen-bond acceptors (Lipinski definition) is 9. The minimum atomic E-state index is -3.71. The molecule has 4 aliphatic carbocycles. The molecule has 0 amide bonds. The van der Waals surface area contributed by atoms with Crippen LogP contribution in [0.4, 0.5) is 0 Å². The zero-order chi connectivity index (χ0) is 30.7. The highest BCUT2D eigenvalue weighted by Gasteiger charge is 2.88. The molecule has 11 heteroatoms. The number of nitrogens with zero attached hydrogens (tertiary/aromatic N) is 1. The van der Waals surface area contributed by atoms with E-state index >= 15 is 0 Å². The quantitative estimate of drug-likeness (QED) is 0.385. The number of piperidine rings is 1. The van der Waals surface area contributed by atoms with E-state index in [2.05, 4.69) is 6.58 Å². The van der Waals surface area contributed by atoms with Crippen LogP contribution in [0.5, 0.6) is 0 Å². The third kappa shape index (κ3) is 3.48. The summed E-state index contributed by atoms with van der Waals surface area (Å²) in [5.74, 6) is -6.03. The third-order valence-electron chi connectivity index (χ3n) is 12.0. The van der Waals surface area contributed by atoms with Gasteiger partial charge in [0.2, 0.25) is 15.8 Å². The molecule has 3 saturated heterocycles. The summed E-state index contributed by atoms with van der Waals surface area (Å²) in [5, 5.41) is 24.2. The Kier molecular flexibility index (Phi) is 6.33. The number of carbonyl (C=O) groups excluding carboxylic acids is 3. The van der Waals surface area contributed by atoms with E-state index in [1.54, 1.807) is 18.2 Å². The summed E-state index contributed by atoms with van der Waals surface area (Å²) in [6.45, 7) is 8.16. The number of esters is 1. The molecule has 0 unspecified atom stereocenters. The largest absolute Gasteiger partial charge is 0.460 e. The molecule has 10 nitrogen and oxygen atoms in total. The molecule has 3 aliphatic heterocycles. The Balaban J connectivity index is 1.20. The summed E-state index contributed by atoms with van der Waals surface area (Å²) in [6.07, 6.45) is -0.513. The van der Waals surface area contributed by atoms with E-state index in [0.29, 0.717) is 19.3 Å². The summed E-state index contributed by atoms with van der Waals surface area (Å²) in [5.41, 5.74) is -3.32. The number of hydrogen-bond donors (Lipinski definition) is 2. The van der Waals surface area contributed by atoms with Crippen molar-refractivity contribution in [3.8, 4) is 0 Å². The number of benzene rings is 1. The van der Waals surface area contributed by atoms with Crippen molar-refractivity contribution in [2.24, 2.45) is 39.9 Å². The van der Waals surface area contributed by atoms with Gasteiger partial charge in [-0.05, 0) is 61.1 Å². The van der Waals surface area contributed by atoms with Gasteiger partial charge in [-0.2, -0.15) is 4.31 Å². The van der Waals surface area contributed by atoms with Crippen LogP contribution in [-0.2, 0) is 33.9 Å². The van der Waals surface area contributed by atoms with Crippen LogP contribution in [0.3, 0.4) is 0 Å². The van der Waals surface area contributed by atoms with Gasteiger partial charge in [0, 0.05) is 31.3 Å². The SMILES string of the molecule is C=C1C(=O)[C@]23[C@H](OC(=O)C4CCN(S(=O)(=O)c5ccccc5)CC4)[C@H]1CC[C@H]2[C@@]12CO[C@]3(O)[C@@H](O)[C@@H]1C(C)(C)CCC2=O. The molecule has 4 bridgehead atoms. The number of aliphatic hydroxyl groups excluding tert-OH is 1. The Bertz CT molecular complexity index is 1520. The number of ether oxygens (including phenoxy) is 2. The first-order valence-corrected chi connectivity index (χ1v) is 16.8. The van der Waals surface area contributed by atoms with Crippen molar-refractivity contribution in [1.29, 1.82) is 0 Å². The first kappa shape index (κ1) is 29.3. The molecular formula is C32H39NO9S. The van der Waals surface area contributed by atoms with Crippen molar-refractivity contribution >= 4 is 27.6 Å². The van der Waals surface area contributed by atoms with Crippen molar-refractivity contribution in [2.45, 2.75) is 75.3 Å². The van der Waals surface area contributed by atoms with E-state index in [1.807, 2.05) is 13.8 Å². The zero-order valence-electron chi connectivity index (χ0n) is 24.5. The standard InChI is InChI=1S/C32H39NO9S/c1-18-21-9-10-22-30-17-41-32(38,26(36)24(30)29(2,3)14-11-23(30)34)31(22,25(18)35)27(21)42-28(37)19-12-15-33(16-13-19)43(39,40)20-7-5-4-6-8-20/h4-8,19,21-22,24,26-27,36,38H,1,9-17H2,2-3H3/t21-,22-,24+,26-,27+,30+,31-,32+/m0/s1. The van der Waals surface area contributed by atoms with Crippen LogP contribution in [0.25, 0.3) is 0 Å². The molecule has 3 heterocycles. The molecule has 0 radical (unpaired) electrons. The first-order valence-electron chi connectivity index (χ1n) is 15.3. The molecule has 1 aromatic rings. The number of ketones is 2. The number of carbonyl (C=O) groups is 3. The van der Waals surface area contributed by atoms with Crippen LogP contribution in [0.15, 0.2) is 47.4 Å². The number of rotatable bonds is 4. The lowest BCUT2D eigenvalue weighted by Crippen LogP contribution is -2.85. The van der Waals surface area contributed by atoms with Crippen molar-refractivity contribution < 1.29 is 42.5 Å². The third-order valence-corrected chi connectivity index (χ3v) is 13.9. The van der Waals surface area contributed by atoms with Crippen LogP contribution in [0, 0.1) is 39.9 Å². The Morgan fingerprint density at radius 2 is 1.77 bits per heavy atom. The van der Waals surface area contributed by atoms with Gasteiger partial charge in [-0.3, -0.25) is 14.4 Å². The van der Waals surface area contributed by atoms with Gasteiger partial charge in [0.05, 0.1) is 22.8 Å². The van der Waals surface area contributed by atoms with Crippen molar-refractivity contribution in [3.05, 3.63) is 42.5 Å². The van der Waals surface area contributed by atoms with Crippen molar-refractivity contribution in [3.63, 3.8) is 0 Å². The lowest BCUT2D eigenvalue weighted by Gasteiger charge is -2.73. The highest BCUT2D eigenvalue weighted by Crippen LogP contribution is 2.76. The fourth-order valence-electron chi connectivity index (χ4n) is 10.1. The average molecular weight is 614 g/mol. The van der Waals surface area contributed by atoms with E-state index in [0.717, 1.165) is 0 Å². The van der Waals surface area contributed by atoms with Gasteiger partial charge in [0.1, 0.15) is 23.4 Å². The second-order valence-corrected chi connectivity index (χ2v) is 16.1. The van der Waals surface area contributed by atoms with Crippen LogP contribution in [-0.4, -0.2) is 78.2 Å². The molecule has 0 aromatic heterocycles. The van der Waals surface area contributed by atoms with Gasteiger partial charge in [-0.15, -0.1) is 0 Å². The fourth-order valence-corrected chi connectivity index (χ4v) is 11.6. The van der Waals surface area contributed by atoms with E-state index in [-0.39, 0.29) is 55.2 Å². The molecule has 232 valence electrons. The van der Waals surface area contributed by atoms with Gasteiger partial charge in [-0.25, -0.2) is 8.42 Å². The van der Waals surface area contributed by atoms with Gasteiger partial charge in [0.25, 0.3) is 0 Å². The summed E-state index contributed by atoms with van der Waals surface area (Å²) in [6, 6.07) is 8.14. The average Bonchev–Trinajstić information content (AvgIpc) is 3.10. The maximum atomic E-state index is 14.3. The van der Waals surface area contributed by atoms with E-state index in [4.69, 9.17) is 9.47 Å². The molecule has 2 spiro atoms. The zero-order valence-corrected chi connectivity index (χ0v) is 25.3. The molecule has 7 aliphatic rings. The Morgan fingerprint density at radius 1 is 1.09 bits per heavy atom. The lowest BCUT2D eigenvalue weighted by atomic mass is 9.36. The van der Waals surface area contributed by atoms with E-state index in [9.17, 15) is 33.0 Å². The molecular weight excluding hydrogens is 574 g/mol. The molecule has 2 N–H and O–H groups in total. The van der Waals surface area contributed by atoms with Crippen LogP contribution < -0.4 is 0 Å². The second kappa shape index (κ2) is 9.29. The Labute approximate surface area is 251 Å². The molecule has 8 atom stereocenters. The minimum Gasteiger partial charge on any atom is -0.460 e. The number of Topliss-reactive ketones (excluding diaryl/α,β-unsaturated/α-hetero) is 2. The number of aliphatic hydroxyl groups is 2. The topological polar surface area (TPSA) is 148 Å². The monoisotopic (exact) mass is 613 g/mol. The fraction of sp³-hybridized carbons (Fsp3) is 0.656. The smallest absolute Gasteiger partial charge is 0.309 e. The van der Waals surface area contributed by atoms with E-state index < -0.39 is 79.7 Å². The van der Waals surface area contributed by atoms with E-state index in [1.165, 1.54) is 16.4 Å². The van der Waals surface area contributed by atoms with Gasteiger partial charge in [-0.1, -0.05) is 38.6 Å². The predicted octanol–water partition coefficient (Wildman–Crippen LogP) is 2.24. The summed E-state index contributed by atoms with van der Waals surface area (Å²) >= 11 is 0. The van der Waals surface area contributed by atoms with Crippen LogP contribution >= 0.6 is 0 Å². The maximum absolute atomic E-state index is 14.3. The van der Waals surface area contributed by atoms with Gasteiger partial charge in [0.15, 0.2) is 5.78 Å². The van der Waals surface area contributed by atoms with Crippen LogP contribution in [0.1, 0.15) is 52.4 Å². The Hall–Kier alpha value is -2.44. The van der Waals surface area contributed by atoms with Gasteiger partial charge < -0.3 is 19.7 Å². The predicted molar refractivity (Wildman–Crippen MR) is 151 cm³/mol. The maximum Gasteiger partial charge on any atom is 0.309 e. The normalized spacial score (nSPS) is 42.4.